The van der Waals surface area contributed by atoms with Crippen molar-refractivity contribution in [1.82, 2.24) is 0 Å². The smallest absolute Gasteiger partial charge is 0.324 e. The second-order valence-electron chi connectivity index (χ2n) is 3.63. The molecule has 3 nitrogen and oxygen atoms in total. The van der Waals surface area contributed by atoms with Gasteiger partial charge in [0.2, 0.25) is 0 Å². The van der Waals surface area contributed by atoms with Crippen molar-refractivity contribution < 1.29 is 14.0 Å². The Labute approximate surface area is 84.3 Å². The highest BCUT2D eigenvalue weighted by Crippen LogP contribution is 2.59. The molecule has 0 aliphatic heterocycles. The van der Waals surface area contributed by atoms with Gasteiger partial charge in [0.1, 0.15) is 0 Å². The molecule has 1 N–H and O–H groups in total. The molecule has 1 aromatic carbocycles. The van der Waals surface area contributed by atoms with Crippen LogP contribution in [0.2, 0.25) is 0 Å². The first-order valence-corrected chi connectivity index (χ1v) is 5.94. The van der Waals surface area contributed by atoms with Crippen LogP contribution in [0.1, 0.15) is 19.4 Å². The van der Waals surface area contributed by atoms with Gasteiger partial charge in [-0.1, -0.05) is 30.3 Å². The van der Waals surface area contributed by atoms with E-state index in [2.05, 4.69) is 4.52 Å². The average Bonchev–Trinajstić information content (AvgIpc) is 2.19. The van der Waals surface area contributed by atoms with E-state index in [1.54, 1.807) is 13.8 Å². The van der Waals surface area contributed by atoms with E-state index in [0.29, 0.717) is 0 Å². The van der Waals surface area contributed by atoms with Crippen LogP contribution in [0.25, 0.3) is 0 Å². The number of hydrogen-bond donors (Lipinski definition) is 1. The van der Waals surface area contributed by atoms with Crippen molar-refractivity contribution in [3.8, 4) is 0 Å². The maximum absolute atomic E-state index is 11.7. The molecule has 0 aromatic heterocycles. The molecule has 1 atom stereocenters. The Balaban J connectivity index is 3.15. The minimum Gasteiger partial charge on any atom is -0.324 e. The Bertz CT molecular complexity index is 346. The molecule has 0 heterocycles. The second kappa shape index (κ2) is 3.85. The minimum atomic E-state index is -3.60. The number of benzene rings is 1. The van der Waals surface area contributed by atoms with Gasteiger partial charge in [0.15, 0.2) is 0 Å². The third-order valence-electron chi connectivity index (χ3n) is 2.43. The van der Waals surface area contributed by atoms with E-state index in [1.807, 2.05) is 30.3 Å². The fourth-order valence-corrected chi connectivity index (χ4v) is 2.17. The summed E-state index contributed by atoms with van der Waals surface area (Å²) < 4.78 is 16.4. The van der Waals surface area contributed by atoms with E-state index in [1.165, 1.54) is 7.11 Å². The van der Waals surface area contributed by atoms with Crippen LogP contribution >= 0.6 is 7.60 Å². The van der Waals surface area contributed by atoms with Gasteiger partial charge >= 0.3 is 7.60 Å². The summed E-state index contributed by atoms with van der Waals surface area (Å²) in [5, 5.41) is -0.872. The third-order valence-corrected chi connectivity index (χ3v) is 4.60. The molecule has 14 heavy (non-hydrogen) atoms. The Morgan fingerprint density at radius 2 is 1.79 bits per heavy atom. The summed E-state index contributed by atoms with van der Waals surface area (Å²) in [6, 6.07) is 9.19. The van der Waals surface area contributed by atoms with E-state index in [-0.39, 0.29) is 0 Å². The third kappa shape index (κ3) is 1.90. The van der Waals surface area contributed by atoms with Gasteiger partial charge in [-0.3, -0.25) is 4.57 Å². The molecule has 1 aromatic rings. The number of rotatable bonds is 3. The van der Waals surface area contributed by atoms with Crippen molar-refractivity contribution in [1.29, 1.82) is 0 Å². The van der Waals surface area contributed by atoms with Gasteiger partial charge in [-0.05, 0) is 19.4 Å². The van der Waals surface area contributed by atoms with Crippen LogP contribution in [0, 0.1) is 0 Å². The van der Waals surface area contributed by atoms with E-state index < -0.39 is 12.8 Å². The molecule has 0 aliphatic rings. The van der Waals surface area contributed by atoms with Crippen LogP contribution in [0.3, 0.4) is 0 Å². The highest BCUT2D eigenvalue weighted by Gasteiger charge is 2.41. The quantitative estimate of drug-likeness (QED) is 0.787. The monoisotopic (exact) mass is 214 g/mol. The van der Waals surface area contributed by atoms with Crippen molar-refractivity contribution in [2.24, 2.45) is 0 Å². The lowest BCUT2D eigenvalue weighted by atomic mass is 10.0. The Morgan fingerprint density at radius 1 is 1.29 bits per heavy atom. The zero-order chi connectivity index (χ0) is 10.8. The molecular formula is C10H15O3P. The first kappa shape index (κ1) is 11.4. The molecule has 4 heteroatoms. The first-order chi connectivity index (χ1) is 6.42. The molecule has 0 saturated heterocycles. The summed E-state index contributed by atoms with van der Waals surface area (Å²) in [7, 11) is -2.34. The predicted octanol–water partition coefficient (Wildman–Crippen LogP) is 2.75. The van der Waals surface area contributed by atoms with Crippen molar-refractivity contribution in [2.75, 3.05) is 7.11 Å². The maximum Gasteiger partial charge on any atom is 0.337 e. The standard InChI is InChI=1S/C10H15O3P/c1-10(2,14(11,12)13-3)9-7-5-4-6-8-9/h4-8H,1-3H3,(H,11,12). The summed E-state index contributed by atoms with van der Waals surface area (Å²) in [5.41, 5.74) is 0.799. The zero-order valence-electron chi connectivity index (χ0n) is 8.60. The molecular weight excluding hydrogens is 199 g/mol. The Morgan fingerprint density at radius 3 is 2.21 bits per heavy atom. The summed E-state index contributed by atoms with van der Waals surface area (Å²) in [4.78, 5) is 9.64. The lowest BCUT2D eigenvalue weighted by Crippen LogP contribution is -2.18. The normalized spacial score (nSPS) is 16.3. The molecule has 1 unspecified atom stereocenters. The van der Waals surface area contributed by atoms with Crippen LogP contribution < -0.4 is 0 Å². The van der Waals surface area contributed by atoms with Crippen LogP contribution in [0.5, 0.6) is 0 Å². The highest BCUT2D eigenvalue weighted by atomic mass is 31.2. The summed E-state index contributed by atoms with van der Waals surface area (Å²) in [6.07, 6.45) is 0. The van der Waals surface area contributed by atoms with E-state index in [9.17, 15) is 9.46 Å². The largest absolute Gasteiger partial charge is 0.337 e. The summed E-state index contributed by atoms with van der Waals surface area (Å²) in [6.45, 7) is 3.40. The Kier molecular flexibility index (Phi) is 3.15. The topological polar surface area (TPSA) is 46.5 Å². The highest BCUT2D eigenvalue weighted by molar-refractivity contribution is 7.54. The molecule has 0 bridgehead atoms. The van der Waals surface area contributed by atoms with Crippen LogP contribution in [0.15, 0.2) is 30.3 Å². The fraction of sp³-hybridized carbons (Fsp3) is 0.400. The molecule has 0 saturated carbocycles. The van der Waals surface area contributed by atoms with Crippen LogP contribution in [-0.2, 0) is 14.2 Å². The molecule has 0 spiro atoms. The zero-order valence-corrected chi connectivity index (χ0v) is 9.49. The average molecular weight is 214 g/mol. The summed E-state index contributed by atoms with van der Waals surface area (Å²) in [5.74, 6) is 0. The van der Waals surface area contributed by atoms with Crippen molar-refractivity contribution in [3.05, 3.63) is 35.9 Å². The van der Waals surface area contributed by atoms with Gasteiger partial charge in [0, 0.05) is 7.11 Å². The molecule has 0 radical (unpaired) electrons. The van der Waals surface area contributed by atoms with Crippen molar-refractivity contribution in [3.63, 3.8) is 0 Å². The van der Waals surface area contributed by atoms with Crippen LogP contribution in [-0.4, -0.2) is 12.0 Å². The minimum absolute atomic E-state index is 0.799. The van der Waals surface area contributed by atoms with Crippen LogP contribution in [0.4, 0.5) is 0 Å². The maximum atomic E-state index is 11.7. The van der Waals surface area contributed by atoms with Gasteiger partial charge in [-0.2, -0.15) is 0 Å². The SMILES string of the molecule is COP(=O)(O)C(C)(C)c1ccccc1. The van der Waals surface area contributed by atoms with Gasteiger partial charge in [-0.25, -0.2) is 0 Å². The molecule has 78 valence electrons. The second-order valence-corrected chi connectivity index (χ2v) is 6.15. The lowest BCUT2D eigenvalue weighted by molar-refractivity contribution is 0.288. The van der Waals surface area contributed by atoms with E-state index >= 15 is 0 Å². The molecule has 0 aliphatic carbocycles. The fourth-order valence-electron chi connectivity index (χ4n) is 1.24. The van der Waals surface area contributed by atoms with Gasteiger partial charge in [-0.15, -0.1) is 0 Å². The Hall–Kier alpha value is -0.630. The summed E-state index contributed by atoms with van der Waals surface area (Å²) >= 11 is 0. The van der Waals surface area contributed by atoms with Crippen molar-refractivity contribution >= 4 is 7.60 Å². The van der Waals surface area contributed by atoms with E-state index in [0.717, 1.165) is 5.56 Å². The van der Waals surface area contributed by atoms with Gasteiger partial charge < -0.3 is 9.42 Å². The molecule has 1 rings (SSSR count). The first-order valence-electron chi connectivity index (χ1n) is 4.36. The molecule has 0 amide bonds. The predicted molar refractivity (Wildman–Crippen MR) is 56.3 cm³/mol. The van der Waals surface area contributed by atoms with E-state index in [4.69, 9.17) is 0 Å². The van der Waals surface area contributed by atoms with Gasteiger partial charge in [0.25, 0.3) is 0 Å². The number of hydrogen-bond acceptors (Lipinski definition) is 2. The lowest BCUT2D eigenvalue weighted by Gasteiger charge is -2.28. The van der Waals surface area contributed by atoms with Crippen molar-refractivity contribution in [2.45, 2.75) is 19.0 Å². The van der Waals surface area contributed by atoms with Gasteiger partial charge in [0.05, 0.1) is 5.16 Å². The molecule has 0 fully saturated rings.